The first-order valence-electron chi connectivity index (χ1n) is 11.7. The Hall–Kier alpha value is -3.36. The van der Waals surface area contributed by atoms with Gasteiger partial charge >= 0.3 is 0 Å². The summed E-state index contributed by atoms with van der Waals surface area (Å²) in [5.41, 5.74) is -0.523. The molecule has 226 valence electrons. The van der Waals surface area contributed by atoms with E-state index in [0.717, 1.165) is 48.5 Å². The van der Waals surface area contributed by atoms with Crippen molar-refractivity contribution in [1.82, 2.24) is 0 Å². The smallest absolute Gasteiger partial charge is 0.298 e. The average Bonchev–Trinajstić information content (AvgIpc) is 2.85. The first kappa shape index (κ1) is 31.6. The van der Waals surface area contributed by atoms with Gasteiger partial charge in [0.25, 0.3) is 40.5 Å². The predicted molar refractivity (Wildman–Crippen MR) is 148 cm³/mol. The fourth-order valence-corrected chi connectivity index (χ4v) is 6.83. The van der Waals surface area contributed by atoms with E-state index in [1.54, 1.807) is 0 Å². The first-order valence-corrected chi connectivity index (χ1v) is 17.4. The van der Waals surface area contributed by atoms with Crippen molar-refractivity contribution in [2.75, 3.05) is 13.2 Å². The molecule has 0 aliphatic heterocycles. The van der Waals surface area contributed by atoms with Gasteiger partial charge in [-0.1, -0.05) is 12.1 Å². The fourth-order valence-electron chi connectivity index (χ4n) is 4.46. The largest absolute Gasteiger partial charge is 0.492 e. The maximum atomic E-state index is 12.5. The molecule has 4 rings (SSSR count). The Morgan fingerprint density at radius 3 is 1.12 bits per heavy atom. The summed E-state index contributed by atoms with van der Waals surface area (Å²) in [4.78, 5) is -3.04. The molecular weight excluding hydrogens is 641 g/mol. The lowest BCUT2D eigenvalue weighted by atomic mass is 9.92. The fraction of sp³-hybridized carbons (Fsp3) is 0.167. The highest BCUT2D eigenvalue weighted by Gasteiger charge is 2.31. The van der Waals surface area contributed by atoms with E-state index in [4.69, 9.17) is 9.47 Å². The normalized spacial score (nSPS) is 13.0. The molecule has 0 unspecified atom stereocenters. The van der Waals surface area contributed by atoms with Crippen LogP contribution in [0.5, 0.6) is 11.5 Å². The van der Waals surface area contributed by atoms with Crippen LogP contribution in [0.4, 0.5) is 0 Å². The summed E-state index contributed by atoms with van der Waals surface area (Å²) in [6.07, 6.45) is 0. The van der Waals surface area contributed by atoms with Gasteiger partial charge in [-0.25, -0.2) is 0 Å². The molecule has 0 aromatic heterocycles. The SMILES string of the molecule is CCOc1c(S(=O)(=O)O)cc2cc(S(=O)(=O)O)ccc2c1-c1c(OCC)c(S(=O)(=O)O)cc2cc(S(=O)(=O)O)ccc12. The van der Waals surface area contributed by atoms with Crippen LogP contribution < -0.4 is 9.47 Å². The number of benzene rings is 4. The Morgan fingerprint density at radius 1 is 0.524 bits per heavy atom. The molecule has 4 N–H and O–H groups in total. The lowest BCUT2D eigenvalue weighted by Crippen LogP contribution is -2.09. The van der Waals surface area contributed by atoms with Crippen molar-refractivity contribution in [1.29, 1.82) is 0 Å². The Kier molecular flexibility index (Phi) is 8.06. The second-order valence-electron chi connectivity index (χ2n) is 8.69. The molecule has 0 aliphatic carbocycles. The van der Waals surface area contributed by atoms with Crippen molar-refractivity contribution < 1.29 is 61.4 Å². The highest BCUT2D eigenvalue weighted by Crippen LogP contribution is 2.50. The summed E-state index contributed by atoms with van der Waals surface area (Å²) in [7, 11) is -19.8. The van der Waals surface area contributed by atoms with E-state index in [-0.39, 0.29) is 45.9 Å². The number of ether oxygens (including phenoxy) is 2. The van der Waals surface area contributed by atoms with Crippen LogP contribution >= 0.6 is 0 Å². The maximum Gasteiger partial charge on any atom is 0.298 e. The third kappa shape index (κ3) is 5.92. The Bertz CT molecular complexity index is 2050. The van der Waals surface area contributed by atoms with Crippen LogP contribution in [-0.2, 0) is 40.5 Å². The molecule has 0 bridgehead atoms. The van der Waals surface area contributed by atoms with Gasteiger partial charge in [0.2, 0.25) is 0 Å². The molecule has 0 saturated heterocycles. The topological polar surface area (TPSA) is 236 Å². The predicted octanol–water partition coefficient (Wildman–Crippen LogP) is 3.44. The van der Waals surface area contributed by atoms with Crippen LogP contribution in [0, 0.1) is 0 Å². The molecule has 0 spiro atoms. The lowest BCUT2D eigenvalue weighted by molar-refractivity contribution is 0.326. The first-order chi connectivity index (χ1) is 19.3. The quantitative estimate of drug-likeness (QED) is 0.188. The number of hydrogen-bond acceptors (Lipinski definition) is 10. The van der Waals surface area contributed by atoms with E-state index in [9.17, 15) is 51.9 Å². The van der Waals surface area contributed by atoms with Crippen LogP contribution in [0.2, 0.25) is 0 Å². The average molecular weight is 663 g/mol. The van der Waals surface area contributed by atoms with Crippen LogP contribution in [0.25, 0.3) is 32.7 Å². The van der Waals surface area contributed by atoms with E-state index in [1.807, 2.05) is 0 Å². The third-order valence-electron chi connectivity index (χ3n) is 6.04. The van der Waals surface area contributed by atoms with E-state index in [2.05, 4.69) is 0 Å². The van der Waals surface area contributed by atoms with Gasteiger partial charge in [-0.15, -0.1) is 0 Å². The second-order valence-corrected chi connectivity index (χ2v) is 14.3. The highest BCUT2D eigenvalue weighted by atomic mass is 32.2. The molecule has 0 heterocycles. The highest BCUT2D eigenvalue weighted by molar-refractivity contribution is 7.86. The maximum absolute atomic E-state index is 12.5. The van der Waals surface area contributed by atoms with Crippen molar-refractivity contribution >= 4 is 62.0 Å². The molecule has 4 aromatic carbocycles. The van der Waals surface area contributed by atoms with Gasteiger partial charge in [-0.05, 0) is 71.8 Å². The molecule has 4 aromatic rings. The summed E-state index contributed by atoms with van der Waals surface area (Å²) >= 11 is 0. The van der Waals surface area contributed by atoms with Gasteiger partial charge in [0, 0.05) is 11.1 Å². The third-order valence-corrected chi connectivity index (χ3v) is 9.46. The lowest BCUT2D eigenvalue weighted by Gasteiger charge is -2.22. The number of hydrogen-bond donors (Lipinski definition) is 4. The number of fused-ring (bicyclic) bond motifs is 2. The molecule has 0 radical (unpaired) electrons. The van der Waals surface area contributed by atoms with Crippen LogP contribution in [-0.4, -0.2) is 65.1 Å². The van der Waals surface area contributed by atoms with Gasteiger partial charge in [0.15, 0.2) is 0 Å². The number of rotatable bonds is 9. The molecule has 18 heteroatoms. The van der Waals surface area contributed by atoms with Crippen molar-refractivity contribution in [3.05, 3.63) is 48.5 Å². The van der Waals surface area contributed by atoms with Crippen LogP contribution in [0.3, 0.4) is 0 Å². The standard InChI is InChI=1S/C24H22O14S4/c1-3-37-23-19(41(31,32)33)11-13-9-15(39(25,26)27)5-7-17(13)21(23)22-18-8-6-16(40(28,29)30)10-14(18)12-20(42(34,35)36)24(22)38-4-2/h5-12H,3-4H2,1-2H3,(H,25,26,27)(H,28,29,30)(H,31,32,33)(H,34,35,36). The monoisotopic (exact) mass is 662 g/mol. The molecule has 0 amide bonds. The van der Waals surface area contributed by atoms with Gasteiger partial charge in [0.1, 0.15) is 21.3 Å². The Labute approximate surface area is 240 Å². The van der Waals surface area contributed by atoms with E-state index in [0.29, 0.717) is 0 Å². The van der Waals surface area contributed by atoms with Gasteiger partial charge < -0.3 is 9.47 Å². The second kappa shape index (κ2) is 10.7. The zero-order valence-electron chi connectivity index (χ0n) is 21.5. The van der Waals surface area contributed by atoms with E-state index >= 15 is 0 Å². The Balaban J connectivity index is 2.42. The molecule has 14 nitrogen and oxygen atoms in total. The van der Waals surface area contributed by atoms with Gasteiger partial charge in [0.05, 0.1) is 23.0 Å². The van der Waals surface area contributed by atoms with Crippen molar-refractivity contribution in [3.8, 4) is 22.6 Å². The van der Waals surface area contributed by atoms with Crippen molar-refractivity contribution in [2.24, 2.45) is 0 Å². The minimum absolute atomic E-state index is 0.00634. The minimum Gasteiger partial charge on any atom is -0.492 e. The van der Waals surface area contributed by atoms with E-state index in [1.165, 1.54) is 13.8 Å². The van der Waals surface area contributed by atoms with E-state index < -0.39 is 71.6 Å². The summed E-state index contributed by atoms with van der Waals surface area (Å²) in [5.74, 6) is -1.05. The summed E-state index contributed by atoms with van der Waals surface area (Å²) < 4.78 is 148. The molecule has 0 atom stereocenters. The molecule has 0 aliphatic rings. The zero-order chi connectivity index (χ0) is 31.4. The van der Waals surface area contributed by atoms with Crippen LogP contribution in [0.15, 0.2) is 68.1 Å². The molecule has 0 saturated carbocycles. The Morgan fingerprint density at radius 2 is 0.857 bits per heavy atom. The van der Waals surface area contributed by atoms with Crippen molar-refractivity contribution in [2.45, 2.75) is 33.4 Å². The summed E-state index contributed by atoms with van der Waals surface area (Å²) in [6.45, 7) is 2.54. The van der Waals surface area contributed by atoms with Crippen molar-refractivity contribution in [3.63, 3.8) is 0 Å². The molecular formula is C24H22O14S4. The van der Waals surface area contributed by atoms with Crippen LogP contribution in [0.1, 0.15) is 13.8 Å². The molecule has 0 fully saturated rings. The van der Waals surface area contributed by atoms with Gasteiger partial charge in [-0.3, -0.25) is 18.2 Å². The summed E-state index contributed by atoms with van der Waals surface area (Å²) in [5, 5.41) is -0.351. The van der Waals surface area contributed by atoms with Gasteiger partial charge in [-0.2, -0.15) is 33.7 Å². The summed E-state index contributed by atoms with van der Waals surface area (Å²) in [6, 6.07) is 7.77. The minimum atomic E-state index is -5.13. The zero-order valence-corrected chi connectivity index (χ0v) is 24.8. The molecule has 42 heavy (non-hydrogen) atoms.